The van der Waals surface area contributed by atoms with Gasteiger partial charge in [0.2, 0.25) is 5.91 Å². The lowest BCUT2D eigenvalue weighted by atomic mass is 10.0. The second-order valence-corrected chi connectivity index (χ2v) is 6.73. The Hall–Kier alpha value is -1.83. The van der Waals surface area contributed by atoms with Crippen molar-refractivity contribution in [1.29, 1.82) is 0 Å². The zero-order valence-electron chi connectivity index (χ0n) is 14.0. The number of hydrogen-bond donors (Lipinski definition) is 2. The van der Waals surface area contributed by atoms with E-state index in [1.165, 1.54) is 6.07 Å². The highest BCUT2D eigenvalue weighted by Crippen LogP contribution is 2.29. The van der Waals surface area contributed by atoms with Crippen LogP contribution in [-0.2, 0) is 11.0 Å². The molecule has 0 bridgehead atoms. The molecular formula is C17H23F3N4O. The van der Waals surface area contributed by atoms with Crippen LogP contribution in [0.15, 0.2) is 18.3 Å². The molecule has 3 heterocycles. The summed E-state index contributed by atoms with van der Waals surface area (Å²) in [5.41, 5.74) is -0.737. The average molecular weight is 356 g/mol. The first-order valence-corrected chi connectivity index (χ1v) is 8.73. The number of anilines is 1. The molecule has 8 heteroatoms. The Morgan fingerprint density at radius 2 is 2.04 bits per heavy atom. The minimum atomic E-state index is -4.36. The van der Waals surface area contributed by atoms with Crippen LogP contribution in [0.5, 0.6) is 0 Å². The van der Waals surface area contributed by atoms with Gasteiger partial charge in [0.05, 0.1) is 5.56 Å². The molecule has 2 N–H and O–H groups in total. The van der Waals surface area contributed by atoms with Crippen molar-refractivity contribution < 1.29 is 18.0 Å². The maximum absolute atomic E-state index is 12.6. The minimum Gasteiger partial charge on any atom is -0.356 e. The first-order valence-electron chi connectivity index (χ1n) is 8.73. The van der Waals surface area contributed by atoms with Gasteiger partial charge in [-0.3, -0.25) is 4.79 Å². The van der Waals surface area contributed by atoms with Crippen LogP contribution in [0.3, 0.4) is 0 Å². The summed E-state index contributed by atoms with van der Waals surface area (Å²) in [7, 11) is 0. The lowest BCUT2D eigenvalue weighted by Crippen LogP contribution is -2.46. The van der Waals surface area contributed by atoms with Crippen LogP contribution < -0.4 is 15.5 Å². The second kappa shape index (κ2) is 7.59. The lowest BCUT2D eigenvalue weighted by Gasteiger charge is -2.33. The number of aromatic nitrogens is 1. The maximum Gasteiger partial charge on any atom is 0.417 e. The standard InChI is InChI=1S/C17H23F3N4O/c18-17(19,20)12-3-4-15(22-11-12)24-8-5-13(6-9-24)23-16(25)10-14-2-1-7-21-14/h3-4,11,13-14,21H,1-2,5-10H2,(H,23,25). The summed E-state index contributed by atoms with van der Waals surface area (Å²) in [5, 5.41) is 6.38. The molecule has 2 fully saturated rings. The van der Waals surface area contributed by atoms with E-state index in [2.05, 4.69) is 15.6 Å². The van der Waals surface area contributed by atoms with Gasteiger partial charge >= 0.3 is 6.18 Å². The molecule has 1 aromatic heterocycles. The van der Waals surface area contributed by atoms with E-state index in [-0.39, 0.29) is 18.0 Å². The smallest absolute Gasteiger partial charge is 0.356 e. The molecular weight excluding hydrogens is 333 g/mol. The SMILES string of the molecule is O=C(CC1CCCN1)NC1CCN(c2ccc(C(F)(F)F)cn2)CC1. The Labute approximate surface area is 145 Å². The highest BCUT2D eigenvalue weighted by Gasteiger charge is 2.31. The number of nitrogens with zero attached hydrogens (tertiary/aromatic N) is 2. The third-order valence-electron chi connectivity index (χ3n) is 4.85. The summed E-state index contributed by atoms with van der Waals surface area (Å²) < 4.78 is 37.7. The molecule has 138 valence electrons. The van der Waals surface area contributed by atoms with E-state index >= 15 is 0 Å². The first kappa shape index (κ1) is 18.0. The Morgan fingerprint density at radius 3 is 2.60 bits per heavy atom. The molecule has 1 unspecified atom stereocenters. The quantitative estimate of drug-likeness (QED) is 0.869. The van der Waals surface area contributed by atoms with E-state index < -0.39 is 11.7 Å². The molecule has 1 amide bonds. The van der Waals surface area contributed by atoms with E-state index in [0.29, 0.717) is 25.3 Å². The van der Waals surface area contributed by atoms with E-state index in [1.54, 1.807) is 0 Å². The molecule has 5 nitrogen and oxygen atoms in total. The number of hydrogen-bond acceptors (Lipinski definition) is 4. The van der Waals surface area contributed by atoms with Crippen molar-refractivity contribution >= 4 is 11.7 Å². The van der Waals surface area contributed by atoms with Gasteiger partial charge in [-0.05, 0) is 44.4 Å². The largest absolute Gasteiger partial charge is 0.417 e. The van der Waals surface area contributed by atoms with Crippen molar-refractivity contribution in [3.05, 3.63) is 23.9 Å². The van der Waals surface area contributed by atoms with Gasteiger partial charge in [0.1, 0.15) is 5.82 Å². The van der Waals surface area contributed by atoms with E-state index in [9.17, 15) is 18.0 Å². The van der Waals surface area contributed by atoms with Gasteiger partial charge < -0.3 is 15.5 Å². The van der Waals surface area contributed by atoms with Gasteiger partial charge in [-0.15, -0.1) is 0 Å². The highest BCUT2D eigenvalue weighted by atomic mass is 19.4. The van der Waals surface area contributed by atoms with Gasteiger partial charge in [-0.2, -0.15) is 13.2 Å². The summed E-state index contributed by atoms with van der Waals surface area (Å²) in [6, 6.07) is 2.88. The molecule has 2 aliphatic rings. The van der Waals surface area contributed by atoms with Gasteiger partial charge in [0.25, 0.3) is 0 Å². The third-order valence-corrected chi connectivity index (χ3v) is 4.85. The first-order chi connectivity index (χ1) is 11.9. The zero-order chi connectivity index (χ0) is 17.9. The van der Waals surface area contributed by atoms with Crippen LogP contribution in [0.2, 0.25) is 0 Å². The number of rotatable bonds is 4. The number of nitrogens with one attached hydrogen (secondary N) is 2. The molecule has 2 saturated heterocycles. The fourth-order valence-electron chi connectivity index (χ4n) is 3.44. The summed E-state index contributed by atoms with van der Waals surface area (Å²) in [6.07, 6.45) is 0.733. The predicted octanol–water partition coefficient (Wildman–Crippen LogP) is 2.33. The molecule has 2 aliphatic heterocycles. The topological polar surface area (TPSA) is 57.3 Å². The van der Waals surface area contributed by atoms with Crippen molar-refractivity contribution in [2.45, 2.75) is 50.4 Å². The third kappa shape index (κ3) is 4.84. The normalized spacial score (nSPS) is 22.2. The van der Waals surface area contributed by atoms with Gasteiger partial charge in [0, 0.05) is 37.8 Å². The maximum atomic E-state index is 12.6. The van der Waals surface area contributed by atoms with E-state index in [1.807, 2.05) is 4.90 Å². The molecule has 1 atom stereocenters. The van der Waals surface area contributed by atoms with Crippen LogP contribution >= 0.6 is 0 Å². The van der Waals surface area contributed by atoms with Crippen LogP contribution in [0.4, 0.5) is 19.0 Å². The molecule has 0 aliphatic carbocycles. The van der Waals surface area contributed by atoms with Crippen molar-refractivity contribution in [1.82, 2.24) is 15.6 Å². The van der Waals surface area contributed by atoms with Gasteiger partial charge in [-0.1, -0.05) is 0 Å². The van der Waals surface area contributed by atoms with Gasteiger partial charge in [0.15, 0.2) is 0 Å². The highest BCUT2D eigenvalue weighted by molar-refractivity contribution is 5.77. The van der Waals surface area contributed by atoms with E-state index in [0.717, 1.165) is 44.5 Å². The fourth-order valence-corrected chi connectivity index (χ4v) is 3.44. The number of alkyl halides is 3. The number of carbonyl (C=O) groups excluding carboxylic acids is 1. The number of pyridine rings is 1. The summed E-state index contributed by atoms with van der Waals surface area (Å²) in [5.74, 6) is 0.624. The fraction of sp³-hybridized carbons (Fsp3) is 0.647. The summed E-state index contributed by atoms with van der Waals surface area (Å²) >= 11 is 0. The molecule has 0 aromatic carbocycles. The number of carbonyl (C=O) groups is 1. The Bertz CT molecular complexity index is 577. The monoisotopic (exact) mass is 356 g/mol. The Kier molecular flexibility index (Phi) is 5.46. The van der Waals surface area contributed by atoms with Crippen molar-refractivity contribution in [3.8, 4) is 0 Å². The Balaban J connectivity index is 1.45. The van der Waals surface area contributed by atoms with Crippen molar-refractivity contribution in [3.63, 3.8) is 0 Å². The minimum absolute atomic E-state index is 0.0745. The van der Waals surface area contributed by atoms with Crippen LogP contribution in [0.25, 0.3) is 0 Å². The molecule has 25 heavy (non-hydrogen) atoms. The van der Waals surface area contributed by atoms with Crippen molar-refractivity contribution in [2.75, 3.05) is 24.5 Å². The second-order valence-electron chi connectivity index (χ2n) is 6.73. The molecule has 3 rings (SSSR count). The Morgan fingerprint density at radius 1 is 1.28 bits per heavy atom. The van der Waals surface area contributed by atoms with Gasteiger partial charge in [-0.25, -0.2) is 4.98 Å². The van der Waals surface area contributed by atoms with Crippen LogP contribution in [0, 0.1) is 0 Å². The zero-order valence-corrected chi connectivity index (χ0v) is 14.0. The molecule has 1 aromatic rings. The number of piperidine rings is 1. The van der Waals surface area contributed by atoms with Crippen LogP contribution in [0.1, 0.15) is 37.7 Å². The van der Waals surface area contributed by atoms with Crippen LogP contribution in [-0.4, -0.2) is 42.6 Å². The van der Waals surface area contributed by atoms with Crippen molar-refractivity contribution in [2.24, 2.45) is 0 Å². The number of halogens is 3. The molecule has 0 spiro atoms. The summed E-state index contributed by atoms with van der Waals surface area (Å²) in [6.45, 7) is 2.33. The average Bonchev–Trinajstić information content (AvgIpc) is 3.08. The number of amides is 1. The predicted molar refractivity (Wildman–Crippen MR) is 88.3 cm³/mol. The summed E-state index contributed by atoms with van der Waals surface area (Å²) in [4.78, 5) is 18.0. The lowest BCUT2D eigenvalue weighted by molar-refractivity contribution is -0.137. The molecule has 0 saturated carbocycles. The molecule has 0 radical (unpaired) electrons. The van der Waals surface area contributed by atoms with E-state index in [4.69, 9.17) is 0 Å².